The number of nitrogens with zero attached hydrogens (tertiary/aromatic N) is 5. The molecule has 0 N–H and O–H groups in total. The van der Waals surface area contributed by atoms with Gasteiger partial charge in [0.1, 0.15) is 18.1 Å². The van der Waals surface area contributed by atoms with E-state index in [2.05, 4.69) is 9.80 Å². The van der Waals surface area contributed by atoms with E-state index in [-0.39, 0.29) is 0 Å². The Labute approximate surface area is 198 Å². The summed E-state index contributed by atoms with van der Waals surface area (Å²) >= 11 is 11.6. The van der Waals surface area contributed by atoms with Gasteiger partial charge in [0.2, 0.25) is 0 Å². The van der Waals surface area contributed by atoms with Crippen LogP contribution in [-0.2, 0) is 13.7 Å². The highest BCUT2D eigenvalue weighted by molar-refractivity contribution is 7.71. The normalized spacial score (nSPS) is 15.1. The van der Waals surface area contributed by atoms with Gasteiger partial charge in [-0.05, 0) is 48.6 Å². The highest BCUT2D eigenvalue weighted by atomic mass is 35.5. The van der Waals surface area contributed by atoms with Crippen molar-refractivity contribution in [3.63, 3.8) is 0 Å². The summed E-state index contributed by atoms with van der Waals surface area (Å²) in [6, 6.07) is 15.4. The van der Waals surface area contributed by atoms with E-state index in [1.54, 1.807) is 7.11 Å². The van der Waals surface area contributed by atoms with Crippen LogP contribution in [0, 0.1) is 4.77 Å². The van der Waals surface area contributed by atoms with E-state index in [1.807, 2.05) is 64.8 Å². The Morgan fingerprint density at radius 2 is 1.69 bits per heavy atom. The van der Waals surface area contributed by atoms with Gasteiger partial charge in [-0.15, -0.1) is 0 Å². The standard InChI is InChI=1S/C23H28ClN5O2S/c1-26-22(20-5-3-4-6-21(20)30-2)25-29(23(26)32)17-28-13-11-27(12-14-28)15-16-31-19-9-7-18(24)8-10-19/h3-10H,11-17H2,1-2H3. The van der Waals surface area contributed by atoms with Gasteiger partial charge in [0.15, 0.2) is 10.6 Å². The molecule has 1 aliphatic rings. The van der Waals surface area contributed by atoms with Crippen molar-refractivity contribution in [1.82, 2.24) is 24.1 Å². The molecular weight excluding hydrogens is 446 g/mol. The summed E-state index contributed by atoms with van der Waals surface area (Å²) in [5, 5.41) is 5.52. The molecule has 7 nitrogen and oxygen atoms in total. The van der Waals surface area contributed by atoms with Gasteiger partial charge in [0.25, 0.3) is 0 Å². The fourth-order valence-corrected chi connectivity index (χ4v) is 4.12. The van der Waals surface area contributed by atoms with Crippen LogP contribution in [0.25, 0.3) is 11.4 Å². The zero-order valence-electron chi connectivity index (χ0n) is 18.4. The average molecular weight is 474 g/mol. The second-order valence-corrected chi connectivity index (χ2v) is 8.57. The van der Waals surface area contributed by atoms with Crippen molar-refractivity contribution >= 4 is 23.8 Å². The number of piperazine rings is 1. The summed E-state index contributed by atoms with van der Waals surface area (Å²) in [6.45, 7) is 6.14. The molecule has 1 fully saturated rings. The molecule has 0 radical (unpaired) electrons. The molecule has 0 bridgehead atoms. The number of para-hydroxylation sites is 1. The second-order valence-electron chi connectivity index (χ2n) is 7.77. The summed E-state index contributed by atoms with van der Waals surface area (Å²) in [6.07, 6.45) is 0. The predicted octanol–water partition coefficient (Wildman–Crippen LogP) is 3.93. The van der Waals surface area contributed by atoms with Crippen molar-refractivity contribution in [3.05, 3.63) is 58.3 Å². The number of hydrogen-bond donors (Lipinski definition) is 0. The first-order valence-corrected chi connectivity index (χ1v) is 11.4. The van der Waals surface area contributed by atoms with Crippen molar-refractivity contribution in [3.8, 4) is 22.9 Å². The van der Waals surface area contributed by atoms with E-state index in [0.717, 1.165) is 60.6 Å². The third-order valence-electron chi connectivity index (χ3n) is 5.68. The molecule has 9 heteroatoms. The number of halogens is 1. The number of ether oxygens (including phenoxy) is 2. The van der Waals surface area contributed by atoms with E-state index < -0.39 is 0 Å². The van der Waals surface area contributed by atoms with Gasteiger partial charge < -0.3 is 14.0 Å². The third-order valence-corrected chi connectivity index (χ3v) is 6.41. The summed E-state index contributed by atoms with van der Waals surface area (Å²) in [7, 11) is 3.62. The summed E-state index contributed by atoms with van der Waals surface area (Å²) in [5.74, 6) is 2.45. The first-order valence-electron chi connectivity index (χ1n) is 10.7. The smallest absolute Gasteiger partial charge is 0.199 e. The molecule has 0 amide bonds. The van der Waals surface area contributed by atoms with Gasteiger partial charge >= 0.3 is 0 Å². The highest BCUT2D eigenvalue weighted by Crippen LogP contribution is 2.28. The SMILES string of the molecule is COc1ccccc1-c1nn(CN2CCN(CCOc3ccc(Cl)cc3)CC2)c(=S)n1C. The molecule has 1 saturated heterocycles. The fourth-order valence-electron chi connectivity index (χ4n) is 3.81. The highest BCUT2D eigenvalue weighted by Gasteiger charge is 2.19. The fraction of sp³-hybridized carbons (Fsp3) is 0.391. The Balaban J connectivity index is 1.30. The van der Waals surface area contributed by atoms with Crippen LogP contribution in [0.15, 0.2) is 48.5 Å². The molecule has 1 aliphatic heterocycles. The quantitative estimate of drug-likeness (QED) is 0.462. The summed E-state index contributed by atoms with van der Waals surface area (Å²) in [5.41, 5.74) is 0.938. The minimum Gasteiger partial charge on any atom is -0.496 e. The van der Waals surface area contributed by atoms with Gasteiger partial charge in [0.05, 0.1) is 19.3 Å². The molecule has 1 aromatic heterocycles. The molecular formula is C23H28ClN5O2S. The van der Waals surface area contributed by atoms with Crippen LogP contribution in [0.1, 0.15) is 0 Å². The van der Waals surface area contributed by atoms with Crippen LogP contribution in [-0.4, -0.2) is 70.6 Å². The molecule has 0 unspecified atom stereocenters. The van der Waals surface area contributed by atoms with E-state index in [4.69, 9.17) is 38.4 Å². The largest absolute Gasteiger partial charge is 0.496 e. The maximum atomic E-state index is 5.92. The first-order chi connectivity index (χ1) is 15.5. The van der Waals surface area contributed by atoms with E-state index >= 15 is 0 Å². The number of methoxy groups -OCH3 is 1. The number of aromatic nitrogens is 3. The van der Waals surface area contributed by atoms with Crippen molar-refractivity contribution < 1.29 is 9.47 Å². The number of benzene rings is 2. The third kappa shape index (κ3) is 5.32. The molecule has 170 valence electrons. The number of hydrogen-bond acceptors (Lipinski definition) is 6. The second kappa shape index (κ2) is 10.5. The molecule has 4 rings (SSSR count). The predicted molar refractivity (Wildman–Crippen MR) is 129 cm³/mol. The maximum Gasteiger partial charge on any atom is 0.199 e. The Morgan fingerprint density at radius 3 is 2.41 bits per heavy atom. The Hall–Kier alpha value is -2.39. The van der Waals surface area contributed by atoms with Crippen LogP contribution in [0.3, 0.4) is 0 Å². The molecule has 3 aromatic rings. The van der Waals surface area contributed by atoms with Crippen LogP contribution in [0.2, 0.25) is 5.02 Å². The van der Waals surface area contributed by atoms with E-state index in [0.29, 0.717) is 18.0 Å². The molecule has 0 atom stereocenters. The minimum absolute atomic E-state index is 0.662. The van der Waals surface area contributed by atoms with Crippen LogP contribution >= 0.6 is 23.8 Å². The Kier molecular flexibility index (Phi) is 7.47. The van der Waals surface area contributed by atoms with E-state index in [1.165, 1.54) is 0 Å². The lowest BCUT2D eigenvalue weighted by Crippen LogP contribution is -2.47. The van der Waals surface area contributed by atoms with Crippen LogP contribution < -0.4 is 9.47 Å². The van der Waals surface area contributed by atoms with Gasteiger partial charge in [-0.3, -0.25) is 9.80 Å². The lowest BCUT2D eigenvalue weighted by Gasteiger charge is -2.34. The van der Waals surface area contributed by atoms with Crippen molar-refractivity contribution in [2.75, 3.05) is 46.4 Å². The van der Waals surface area contributed by atoms with Gasteiger partial charge in [-0.2, -0.15) is 5.10 Å². The molecule has 0 aliphatic carbocycles. The zero-order valence-corrected chi connectivity index (χ0v) is 20.0. The first kappa shape index (κ1) is 22.8. The molecule has 2 heterocycles. The Bertz CT molecular complexity index is 1090. The van der Waals surface area contributed by atoms with Crippen molar-refractivity contribution in [1.29, 1.82) is 0 Å². The molecule has 0 spiro atoms. The van der Waals surface area contributed by atoms with Crippen LogP contribution in [0.4, 0.5) is 0 Å². The Morgan fingerprint density at radius 1 is 1.00 bits per heavy atom. The number of rotatable bonds is 8. The van der Waals surface area contributed by atoms with Crippen LogP contribution in [0.5, 0.6) is 11.5 Å². The average Bonchev–Trinajstić information content (AvgIpc) is 3.10. The van der Waals surface area contributed by atoms with Crippen molar-refractivity contribution in [2.45, 2.75) is 6.67 Å². The summed E-state index contributed by atoms with van der Waals surface area (Å²) in [4.78, 5) is 4.80. The zero-order chi connectivity index (χ0) is 22.5. The lowest BCUT2D eigenvalue weighted by atomic mass is 10.2. The maximum absolute atomic E-state index is 5.92. The van der Waals surface area contributed by atoms with Gasteiger partial charge in [0, 0.05) is 44.8 Å². The van der Waals surface area contributed by atoms with E-state index in [9.17, 15) is 0 Å². The van der Waals surface area contributed by atoms with Gasteiger partial charge in [-0.25, -0.2) is 4.68 Å². The molecule has 0 saturated carbocycles. The monoisotopic (exact) mass is 473 g/mol. The van der Waals surface area contributed by atoms with Gasteiger partial charge in [-0.1, -0.05) is 23.7 Å². The topological polar surface area (TPSA) is 47.7 Å². The molecule has 32 heavy (non-hydrogen) atoms. The van der Waals surface area contributed by atoms with Crippen molar-refractivity contribution in [2.24, 2.45) is 7.05 Å². The lowest BCUT2D eigenvalue weighted by molar-refractivity contribution is 0.0921. The molecule has 2 aromatic carbocycles. The summed E-state index contributed by atoms with van der Waals surface area (Å²) < 4.78 is 15.9. The minimum atomic E-state index is 0.662.